The van der Waals surface area contributed by atoms with Crippen molar-refractivity contribution in [3.8, 4) is 0 Å². The lowest BCUT2D eigenvalue weighted by Gasteiger charge is -2.64. The number of rotatable bonds is 3. The molecule has 0 aromatic heterocycles. The van der Waals surface area contributed by atoms with Gasteiger partial charge in [-0.15, -0.1) is 0 Å². The fraction of sp³-hybridized carbons (Fsp3) is 0.971. The molecule has 6 nitrogen and oxygen atoms in total. The fourth-order valence-electron chi connectivity index (χ4n) is 11.3. The van der Waals surface area contributed by atoms with Crippen LogP contribution in [0.4, 0.5) is 0 Å². The zero-order valence-corrected chi connectivity index (χ0v) is 29.2. The lowest BCUT2D eigenvalue weighted by molar-refractivity contribution is -0.278. The molecule has 14 atom stereocenters. The number of hydrogen-bond acceptors (Lipinski definition) is 6. The first-order valence-corrected chi connectivity index (χ1v) is 20.2. The molecule has 2 saturated heterocycles. The van der Waals surface area contributed by atoms with Gasteiger partial charge in [-0.3, -0.25) is 4.79 Å². The lowest BCUT2D eigenvalue weighted by Crippen LogP contribution is -2.66. The predicted molar refractivity (Wildman–Crippen MR) is 166 cm³/mol. The Morgan fingerprint density at radius 3 is 2.33 bits per heavy atom. The van der Waals surface area contributed by atoms with Crippen molar-refractivity contribution >= 4 is 14.3 Å². The van der Waals surface area contributed by atoms with E-state index in [0.717, 1.165) is 51.6 Å². The summed E-state index contributed by atoms with van der Waals surface area (Å²) in [6.45, 7) is 23.3. The average molecular weight is 605 g/mol. The van der Waals surface area contributed by atoms with Crippen molar-refractivity contribution in [2.75, 3.05) is 6.61 Å². The largest absolute Gasteiger partial charge is 0.459 e. The van der Waals surface area contributed by atoms with Crippen LogP contribution < -0.4 is 0 Å². The molecule has 0 aromatic rings. The number of carbonyl (C=O) groups is 1. The molecule has 2 heterocycles. The Balaban J connectivity index is 1.29. The van der Waals surface area contributed by atoms with E-state index in [4.69, 9.17) is 18.6 Å². The Morgan fingerprint density at radius 1 is 1.00 bits per heavy atom. The minimum atomic E-state index is -1.85. The van der Waals surface area contributed by atoms with Gasteiger partial charge in [-0.2, -0.15) is 0 Å². The third kappa shape index (κ3) is 4.55. The molecule has 0 aromatic carbocycles. The summed E-state index contributed by atoms with van der Waals surface area (Å²) in [5.41, 5.74) is -0.318. The molecule has 1 N–H and O–H groups in total. The molecule has 7 heteroatoms. The van der Waals surface area contributed by atoms with E-state index in [0.29, 0.717) is 29.8 Å². The maximum absolute atomic E-state index is 12.7. The summed E-state index contributed by atoms with van der Waals surface area (Å²) in [6.07, 6.45) is 7.78. The third-order valence-corrected chi connectivity index (χ3v) is 19.0. The summed E-state index contributed by atoms with van der Waals surface area (Å²) in [4.78, 5) is 12.7. The first-order valence-electron chi connectivity index (χ1n) is 17.3. The van der Waals surface area contributed by atoms with Crippen molar-refractivity contribution in [2.45, 2.75) is 155 Å². The molecule has 6 aliphatic rings. The maximum Gasteiger partial charge on any atom is 0.303 e. The second-order valence-electron chi connectivity index (χ2n) is 17.7. The molecule has 0 amide bonds. The van der Waals surface area contributed by atoms with Gasteiger partial charge in [0.2, 0.25) is 0 Å². The fourth-order valence-corrected chi connectivity index (χ4v) is 12.8. The number of ether oxygens (including phenoxy) is 3. The number of carbonyl (C=O) groups excluding carboxylic acids is 1. The van der Waals surface area contributed by atoms with Gasteiger partial charge in [0.05, 0.1) is 18.8 Å². The van der Waals surface area contributed by atoms with E-state index in [1.807, 2.05) is 0 Å². The SMILES string of the molecule is CC(=O)O[C@@H]1[C@H](O)[C@H]2[C@@H](CC[C@H]3C[C@@H](O[Si](C)(C)C(C)(C)C)CC[C@@]32C)[C@@H]2C[C@@H]3O[C@]4(CC[C@@H](C)CO4)[C@@H](C)[C@@H]3[C@@]12C. The first-order chi connectivity index (χ1) is 19.4. The second-order valence-corrected chi connectivity index (χ2v) is 22.5. The van der Waals surface area contributed by atoms with E-state index in [1.54, 1.807) is 0 Å². The van der Waals surface area contributed by atoms with E-state index in [1.165, 1.54) is 13.3 Å². The Morgan fingerprint density at radius 2 is 1.71 bits per heavy atom. The molecule has 6 rings (SSSR count). The van der Waals surface area contributed by atoms with Gasteiger partial charge in [-0.25, -0.2) is 0 Å². The van der Waals surface area contributed by atoms with Crippen molar-refractivity contribution < 1.29 is 28.5 Å². The molecular formula is C35H60O6Si. The van der Waals surface area contributed by atoms with Crippen LogP contribution in [-0.2, 0) is 23.4 Å². The standard InChI is InChI=1S/C35H60O6Si/c1-20-13-16-35(38-19-20)21(2)28-27(40-35)18-26-25-12-11-23-17-24(41-42(9,10)32(4,5)6)14-15-33(23,7)29(25)30(37)31(34(26,28)8)39-22(3)36/h20-21,23-31,37H,11-19H2,1-10H3/t20-,21+,23+,24+,25+,26+,27+,28+,29-,30-,31-,33+,34+,35-/m1/s1. The number of hydrogen-bond donors (Lipinski definition) is 1. The Hall–Kier alpha value is -0.473. The molecule has 0 unspecified atom stereocenters. The van der Waals surface area contributed by atoms with Gasteiger partial charge in [0.1, 0.15) is 6.10 Å². The van der Waals surface area contributed by atoms with E-state index >= 15 is 0 Å². The van der Waals surface area contributed by atoms with Crippen molar-refractivity contribution in [3.63, 3.8) is 0 Å². The smallest absolute Gasteiger partial charge is 0.303 e. The highest BCUT2D eigenvalue weighted by molar-refractivity contribution is 6.74. The number of esters is 1. The van der Waals surface area contributed by atoms with Gasteiger partial charge in [-0.1, -0.05) is 48.5 Å². The normalized spacial score (nSPS) is 52.3. The topological polar surface area (TPSA) is 74.2 Å². The van der Waals surface area contributed by atoms with Crippen LogP contribution in [0.2, 0.25) is 18.1 Å². The van der Waals surface area contributed by atoms with Crippen molar-refractivity contribution in [2.24, 2.45) is 52.3 Å². The zero-order valence-electron chi connectivity index (χ0n) is 28.2. The van der Waals surface area contributed by atoms with Gasteiger partial charge in [0.25, 0.3) is 0 Å². The minimum Gasteiger partial charge on any atom is -0.459 e. The first kappa shape index (κ1) is 31.5. The molecule has 240 valence electrons. The quantitative estimate of drug-likeness (QED) is 0.269. The van der Waals surface area contributed by atoms with Crippen molar-refractivity contribution in [1.29, 1.82) is 0 Å². The molecule has 1 spiro atoms. The van der Waals surface area contributed by atoms with Crippen LogP contribution in [0, 0.1) is 52.3 Å². The van der Waals surface area contributed by atoms with Crippen LogP contribution in [0.15, 0.2) is 0 Å². The van der Waals surface area contributed by atoms with Crippen LogP contribution in [0.25, 0.3) is 0 Å². The van der Waals surface area contributed by atoms with Crippen LogP contribution in [0.5, 0.6) is 0 Å². The summed E-state index contributed by atoms with van der Waals surface area (Å²) in [5, 5.41) is 12.7. The number of aliphatic hydroxyl groups excluding tert-OH is 1. The number of fused-ring (bicyclic) bond motifs is 7. The molecule has 4 saturated carbocycles. The lowest BCUT2D eigenvalue weighted by atomic mass is 9.42. The molecule has 0 bridgehead atoms. The molecule has 4 aliphatic carbocycles. The highest BCUT2D eigenvalue weighted by Gasteiger charge is 2.74. The molecule has 42 heavy (non-hydrogen) atoms. The van der Waals surface area contributed by atoms with E-state index in [2.05, 4.69) is 61.6 Å². The van der Waals surface area contributed by atoms with Crippen molar-refractivity contribution in [3.05, 3.63) is 0 Å². The van der Waals surface area contributed by atoms with E-state index in [9.17, 15) is 9.90 Å². The highest BCUT2D eigenvalue weighted by Crippen LogP contribution is 2.72. The zero-order chi connectivity index (χ0) is 30.6. The van der Waals surface area contributed by atoms with Gasteiger partial charge in [-0.05, 0) is 98.1 Å². The minimum absolute atomic E-state index is 0.0172. The number of aliphatic hydroxyl groups is 1. The summed E-state index contributed by atoms with van der Waals surface area (Å²) in [5.74, 6) is 1.57. The van der Waals surface area contributed by atoms with Crippen LogP contribution in [0.1, 0.15) is 107 Å². The summed E-state index contributed by atoms with van der Waals surface area (Å²) in [7, 11) is -1.85. The van der Waals surface area contributed by atoms with Gasteiger partial charge < -0.3 is 23.7 Å². The van der Waals surface area contributed by atoms with Gasteiger partial charge in [0, 0.05) is 36.7 Å². The Kier molecular flexibility index (Phi) is 7.70. The Labute approximate surface area is 256 Å². The summed E-state index contributed by atoms with van der Waals surface area (Å²) < 4.78 is 26.7. The van der Waals surface area contributed by atoms with Gasteiger partial charge in [0.15, 0.2) is 14.1 Å². The molecule has 2 aliphatic heterocycles. The summed E-state index contributed by atoms with van der Waals surface area (Å²) >= 11 is 0. The monoisotopic (exact) mass is 604 g/mol. The van der Waals surface area contributed by atoms with Crippen LogP contribution >= 0.6 is 0 Å². The molecule has 0 radical (unpaired) electrons. The Bertz CT molecular complexity index is 1050. The maximum atomic E-state index is 12.7. The summed E-state index contributed by atoms with van der Waals surface area (Å²) in [6, 6.07) is 0. The van der Waals surface area contributed by atoms with Gasteiger partial charge >= 0.3 is 5.97 Å². The molecule has 6 fully saturated rings. The van der Waals surface area contributed by atoms with E-state index in [-0.39, 0.29) is 45.7 Å². The van der Waals surface area contributed by atoms with Crippen molar-refractivity contribution in [1.82, 2.24) is 0 Å². The van der Waals surface area contributed by atoms with Crippen LogP contribution in [-0.4, -0.2) is 56.2 Å². The second kappa shape index (κ2) is 10.3. The third-order valence-electron chi connectivity index (χ3n) is 14.5. The predicted octanol–water partition coefficient (Wildman–Crippen LogP) is 7.34. The van der Waals surface area contributed by atoms with E-state index < -0.39 is 26.3 Å². The van der Waals surface area contributed by atoms with Crippen LogP contribution in [0.3, 0.4) is 0 Å². The highest BCUT2D eigenvalue weighted by atomic mass is 28.4. The average Bonchev–Trinajstić information content (AvgIpc) is 3.33. The molecular weight excluding hydrogens is 544 g/mol.